The fourth-order valence-electron chi connectivity index (χ4n) is 2.12. The molecule has 0 unspecified atom stereocenters. The van der Waals surface area contributed by atoms with Crippen LogP contribution >= 0.6 is 0 Å². The molecule has 3 N–H and O–H groups in total. The summed E-state index contributed by atoms with van der Waals surface area (Å²) in [6.45, 7) is 2.04. The quantitative estimate of drug-likeness (QED) is 0.676. The zero-order valence-corrected chi connectivity index (χ0v) is 15.6. The number of nitrogens with zero attached hydrogens (tertiary/aromatic N) is 3. The van der Waals surface area contributed by atoms with E-state index in [2.05, 4.69) is 15.0 Å². The van der Waals surface area contributed by atoms with Gasteiger partial charge in [-0.1, -0.05) is 13.3 Å². The number of halogens is 3. The molecular formula is C17H18F3N5O2S. The molecule has 0 bridgehead atoms. The molecule has 0 aromatic carbocycles. The number of aromatic nitrogens is 2. The van der Waals surface area contributed by atoms with Gasteiger partial charge in [-0.25, -0.2) is 4.98 Å². The Hall–Kier alpha value is -2.95. The first-order chi connectivity index (χ1) is 13.2. The van der Waals surface area contributed by atoms with E-state index < -0.39 is 21.3 Å². The lowest BCUT2D eigenvalue weighted by molar-refractivity contribution is -0.0429. The molecule has 0 aliphatic carbocycles. The van der Waals surface area contributed by atoms with Gasteiger partial charge in [-0.3, -0.25) is 14.7 Å². The number of rotatable bonds is 7. The number of pyridine rings is 2. The first-order valence-electron chi connectivity index (χ1n) is 8.12. The predicted octanol–water partition coefficient (Wildman–Crippen LogP) is 3.39. The van der Waals surface area contributed by atoms with E-state index in [1.807, 2.05) is 13.0 Å². The molecule has 2 heterocycles. The molecule has 0 spiro atoms. The van der Waals surface area contributed by atoms with Crippen molar-refractivity contribution in [2.24, 2.45) is 10.7 Å². The van der Waals surface area contributed by atoms with Crippen LogP contribution in [0.4, 0.5) is 24.7 Å². The van der Waals surface area contributed by atoms with Crippen LogP contribution in [0, 0.1) is 0 Å². The first-order valence-corrected chi connectivity index (χ1v) is 9.61. The zero-order chi connectivity index (χ0) is 20.8. The Morgan fingerprint density at radius 2 is 2.04 bits per heavy atom. The summed E-state index contributed by atoms with van der Waals surface area (Å²) in [5, 5.41) is 0. The summed E-state index contributed by atoms with van der Waals surface area (Å²) in [5.41, 5.74) is 2.63. The zero-order valence-electron chi connectivity index (χ0n) is 14.8. The summed E-state index contributed by atoms with van der Waals surface area (Å²) >= 11 is 0. The fourth-order valence-corrected chi connectivity index (χ4v) is 2.63. The van der Waals surface area contributed by atoms with Crippen molar-refractivity contribution in [3.05, 3.63) is 54.1 Å². The molecule has 2 rings (SSSR count). The van der Waals surface area contributed by atoms with E-state index in [4.69, 9.17) is 5.73 Å². The molecule has 0 aliphatic rings. The highest BCUT2D eigenvalue weighted by molar-refractivity contribution is 7.93. The van der Waals surface area contributed by atoms with Crippen molar-refractivity contribution in [3.63, 3.8) is 0 Å². The summed E-state index contributed by atoms with van der Waals surface area (Å²) in [6.07, 6.45) is 7.34. The SMILES string of the molecule is CCCc1cc(N=CC(=CN)c2ccc(NS(=O)(=O)C(F)(F)F)nc2)ccn1. The number of sulfonamides is 1. The predicted molar refractivity (Wildman–Crippen MR) is 101 cm³/mol. The third-order valence-electron chi connectivity index (χ3n) is 3.48. The fraction of sp³-hybridized carbons (Fsp3) is 0.235. The van der Waals surface area contributed by atoms with E-state index in [0.717, 1.165) is 24.6 Å². The van der Waals surface area contributed by atoms with Gasteiger partial charge >= 0.3 is 15.5 Å². The molecule has 0 fully saturated rings. The Kier molecular flexibility index (Phi) is 6.73. The number of nitrogens with two attached hydrogens (primary N) is 1. The maximum Gasteiger partial charge on any atom is 0.516 e. The summed E-state index contributed by atoms with van der Waals surface area (Å²) in [7, 11) is -5.53. The van der Waals surface area contributed by atoms with Crippen LogP contribution in [-0.4, -0.2) is 30.1 Å². The van der Waals surface area contributed by atoms with Gasteiger partial charge in [-0.2, -0.15) is 21.6 Å². The second-order valence-electron chi connectivity index (χ2n) is 5.62. The maximum atomic E-state index is 12.4. The minimum absolute atomic E-state index is 0.448. The number of hydrogen-bond acceptors (Lipinski definition) is 6. The van der Waals surface area contributed by atoms with Gasteiger partial charge < -0.3 is 5.73 Å². The molecule has 0 atom stereocenters. The minimum atomic E-state index is -5.53. The first kappa shape index (κ1) is 21.4. The molecule has 0 amide bonds. The normalized spacial score (nSPS) is 13.1. The van der Waals surface area contributed by atoms with Crippen molar-refractivity contribution in [2.45, 2.75) is 25.3 Å². The van der Waals surface area contributed by atoms with Crippen molar-refractivity contribution >= 4 is 33.3 Å². The Morgan fingerprint density at radius 3 is 2.61 bits per heavy atom. The van der Waals surface area contributed by atoms with Gasteiger partial charge in [-0.15, -0.1) is 0 Å². The number of nitrogens with one attached hydrogen (secondary N) is 1. The van der Waals surface area contributed by atoms with Gasteiger partial charge in [-0.05, 0) is 30.7 Å². The lowest BCUT2D eigenvalue weighted by Gasteiger charge is -2.10. The number of aliphatic imine (C=N–C) groups is 1. The summed E-state index contributed by atoms with van der Waals surface area (Å²) in [6, 6.07) is 6.03. The number of aryl methyl sites for hydroxylation is 1. The molecule has 150 valence electrons. The molecule has 2 aromatic heterocycles. The van der Waals surface area contributed by atoms with Crippen LogP contribution in [0.15, 0.2) is 47.9 Å². The van der Waals surface area contributed by atoms with Crippen molar-refractivity contribution < 1.29 is 21.6 Å². The molecule has 0 saturated carbocycles. The highest BCUT2D eigenvalue weighted by atomic mass is 32.2. The maximum absolute atomic E-state index is 12.4. The molecule has 11 heteroatoms. The Balaban J connectivity index is 2.16. The third-order valence-corrected chi connectivity index (χ3v) is 4.57. The molecule has 28 heavy (non-hydrogen) atoms. The number of hydrogen-bond donors (Lipinski definition) is 2. The van der Waals surface area contributed by atoms with Crippen LogP contribution in [0.3, 0.4) is 0 Å². The van der Waals surface area contributed by atoms with Crippen molar-refractivity contribution in [1.82, 2.24) is 9.97 Å². The molecule has 0 aliphatic heterocycles. The smallest absolute Gasteiger partial charge is 0.404 e. The highest BCUT2D eigenvalue weighted by Gasteiger charge is 2.46. The average molecular weight is 413 g/mol. The van der Waals surface area contributed by atoms with Crippen LogP contribution in [0.1, 0.15) is 24.6 Å². The number of anilines is 1. The lowest BCUT2D eigenvalue weighted by atomic mass is 10.1. The molecule has 0 radical (unpaired) electrons. The topological polar surface area (TPSA) is 110 Å². The molecule has 0 saturated heterocycles. The van der Waals surface area contributed by atoms with Gasteiger partial charge in [0.2, 0.25) is 0 Å². The second-order valence-corrected chi connectivity index (χ2v) is 7.29. The van der Waals surface area contributed by atoms with Crippen LogP contribution in [0.5, 0.6) is 0 Å². The Bertz CT molecular complexity index is 971. The molecule has 2 aromatic rings. The minimum Gasteiger partial charge on any atom is -0.404 e. The van der Waals surface area contributed by atoms with Crippen molar-refractivity contribution in [3.8, 4) is 0 Å². The average Bonchev–Trinajstić information content (AvgIpc) is 2.63. The van der Waals surface area contributed by atoms with E-state index in [9.17, 15) is 21.6 Å². The van der Waals surface area contributed by atoms with E-state index in [1.165, 1.54) is 29.4 Å². The van der Waals surface area contributed by atoms with E-state index in [-0.39, 0.29) is 0 Å². The van der Waals surface area contributed by atoms with Gasteiger partial charge in [0.05, 0.1) is 5.69 Å². The van der Waals surface area contributed by atoms with E-state index in [1.54, 1.807) is 12.3 Å². The van der Waals surface area contributed by atoms with Crippen LogP contribution < -0.4 is 10.5 Å². The van der Waals surface area contributed by atoms with Crippen LogP contribution in [-0.2, 0) is 16.4 Å². The lowest BCUT2D eigenvalue weighted by Crippen LogP contribution is -2.30. The summed E-state index contributed by atoms with van der Waals surface area (Å²) in [5.74, 6) is -0.465. The van der Waals surface area contributed by atoms with Crippen LogP contribution in [0.25, 0.3) is 5.57 Å². The second kappa shape index (κ2) is 8.83. The number of alkyl halides is 3. The van der Waals surface area contributed by atoms with E-state index in [0.29, 0.717) is 16.8 Å². The number of allylic oxidation sites excluding steroid dienone is 1. The molecular weight excluding hydrogens is 395 g/mol. The monoisotopic (exact) mass is 413 g/mol. The summed E-state index contributed by atoms with van der Waals surface area (Å²) < 4.78 is 60.7. The van der Waals surface area contributed by atoms with Gasteiger partial charge in [0.25, 0.3) is 0 Å². The Morgan fingerprint density at radius 1 is 1.29 bits per heavy atom. The Labute approximate surface area is 160 Å². The van der Waals surface area contributed by atoms with Crippen LogP contribution in [0.2, 0.25) is 0 Å². The standard InChI is InChI=1S/C17H18F3N5O2S/c1-2-3-14-8-15(6-7-22-14)23-11-13(9-21)12-4-5-16(24-10-12)25-28(26,27)17(18,19)20/h4-11H,2-3,21H2,1H3,(H,24,25). The molecule has 7 nitrogen and oxygen atoms in total. The highest BCUT2D eigenvalue weighted by Crippen LogP contribution is 2.25. The summed E-state index contributed by atoms with van der Waals surface area (Å²) in [4.78, 5) is 12.2. The van der Waals surface area contributed by atoms with Gasteiger partial charge in [0, 0.05) is 41.6 Å². The third kappa shape index (κ3) is 5.52. The largest absolute Gasteiger partial charge is 0.516 e. The van der Waals surface area contributed by atoms with Crippen molar-refractivity contribution in [2.75, 3.05) is 4.72 Å². The van der Waals surface area contributed by atoms with E-state index >= 15 is 0 Å². The van der Waals surface area contributed by atoms with Gasteiger partial charge in [0.15, 0.2) is 0 Å². The van der Waals surface area contributed by atoms with Crippen molar-refractivity contribution in [1.29, 1.82) is 0 Å². The van der Waals surface area contributed by atoms with Gasteiger partial charge in [0.1, 0.15) is 5.82 Å².